The molecule has 2 atom stereocenters. The summed E-state index contributed by atoms with van der Waals surface area (Å²) < 4.78 is 15.1. The van der Waals surface area contributed by atoms with Crippen molar-refractivity contribution in [2.75, 3.05) is 26.4 Å². The largest absolute Gasteiger partial charge is 0.376 e. The van der Waals surface area contributed by atoms with E-state index in [-0.39, 0.29) is 0 Å². The molecule has 17 heavy (non-hydrogen) atoms. The van der Waals surface area contributed by atoms with Gasteiger partial charge in [0.25, 0.3) is 0 Å². The van der Waals surface area contributed by atoms with Gasteiger partial charge in [0.15, 0.2) is 0 Å². The third kappa shape index (κ3) is 5.63. The summed E-state index contributed by atoms with van der Waals surface area (Å²) in [6, 6.07) is 10.0. The number of hydrogen-bond acceptors (Lipinski definition) is 3. The van der Waals surface area contributed by atoms with Crippen molar-refractivity contribution in [3.8, 4) is 0 Å². The van der Waals surface area contributed by atoms with E-state index in [2.05, 4.69) is 6.58 Å². The van der Waals surface area contributed by atoms with Gasteiger partial charge in [-0.3, -0.25) is 0 Å². The third-order valence-corrected chi connectivity index (χ3v) is 2.45. The lowest BCUT2D eigenvalue weighted by Gasteiger charge is -1.95. The monoisotopic (exact) mass is 234 g/mol. The Balaban J connectivity index is 0.000000128. The molecule has 0 saturated carbocycles. The average Bonchev–Trinajstić information content (AvgIpc) is 3.25. The molecular formula is C14H18O3. The minimum atomic E-state index is 0.392. The van der Waals surface area contributed by atoms with Gasteiger partial charge in [-0.2, -0.15) is 0 Å². The summed E-state index contributed by atoms with van der Waals surface area (Å²) >= 11 is 0. The zero-order chi connectivity index (χ0) is 11.9. The summed E-state index contributed by atoms with van der Waals surface area (Å²) in [4.78, 5) is 0. The van der Waals surface area contributed by atoms with Gasteiger partial charge in [-0.1, -0.05) is 43.0 Å². The molecule has 2 unspecified atom stereocenters. The van der Waals surface area contributed by atoms with Crippen LogP contribution in [0.1, 0.15) is 5.56 Å². The van der Waals surface area contributed by atoms with Crippen LogP contribution in [0.15, 0.2) is 36.9 Å². The van der Waals surface area contributed by atoms with E-state index in [4.69, 9.17) is 14.2 Å². The van der Waals surface area contributed by atoms with Crippen LogP contribution in [0.5, 0.6) is 0 Å². The lowest BCUT2D eigenvalue weighted by molar-refractivity contribution is 0.102. The molecule has 3 heteroatoms. The van der Waals surface area contributed by atoms with Crippen molar-refractivity contribution >= 4 is 6.08 Å². The van der Waals surface area contributed by atoms with Crippen LogP contribution in [0.25, 0.3) is 6.08 Å². The fourth-order valence-corrected chi connectivity index (χ4v) is 1.25. The summed E-state index contributed by atoms with van der Waals surface area (Å²) in [6.45, 7) is 6.89. The van der Waals surface area contributed by atoms with Gasteiger partial charge in [0.2, 0.25) is 0 Å². The number of hydrogen-bond donors (Lipinski definition) is 0. The summed E-state index contributed by atoms with van der Waals surface area (Å²) in [5.74, 6) is 0. The van der Waals surface area contributed by atoms with Gasteiger partial charge in [-0.15, -0.1) is 0 Å². The Bertz CT molecular complexity index is 317. The van der Waals surface area contributed by atoms with Crippen molar-refractivity contribution in [2.24, 2.45) is 0 Å². The minimum absolute atomic E-state index is 0.392. The molecule has 0 bridgehead atoms. The van der Waals surface area contributed by atoms with Crippen LogP contribution in [0, 0.1) is 0 Å². The van der Waals surface area contributed by atoms with Gasteiger partial charge in [0.1, 0.15) is 12.2 Å². The molecule has 0 radical (unpaired) electrons. The van der Waals surface area contributed by atoms with Crippen LogP contribution in [0.3, 0.4) is 0 Å². The smallest absolute Gasteiger partial charge is 0.104 e. The highest BCUT2D eigenvalue weighted by Gasteiger charge is 2.26. The standard InChI is InChI=1S/C8H8.C6H10O3/c1-2-8-6-4-3-5-7-8;1(5-3-8-5)7-2-6-4-9-6/h2-7H,1H2;5-6H,1-4H2. The summed E-state index contributed by atoms with van der Waals surface area (Å²) in [5.41, 5.74) is 1.17. The van der Waals surface area contributed by atoms with E-state index in [1.165, 1.54) is 5.56 Å². The number of rotatable bonds is 5. The molecule has 2 fully saturated rings. The van der Waals surface area contributed by atoms with Gasteiger partial charge in [-0.05, 0) is 5.56 Å². The Morgan fingerprint density at radius 3 is 2.00 bits per heavy atom. The van der Waals surface area contributed by atoms with Crippen molar-refractivity contribution < 1.29 is 14.2 Å². The highest BCUT2D eigenvalue weighted by atomic mass is 16.6. The Morgan fingerprint density at radius 1 is 1.12 bits per heavy atom. The second-order valence-corrected chi connectivity index (χ2v) is 4.06. The van der Waals surface area contributed by atoms with Crippen LogP contribution < -0.4 is 0 Å². The maximum Gasteiger partial charge on any atom is 0.104 e. The zero-order valence-electron chi connectivity index (χ0n) is 9.88. The minimum Gasteiger partial charge on any atom is -0.376 e. The van der Waals surface area contributed by atoms with Crippen molar-refractivity contribution in [1.29, 1.82) is 0 Å². The van der Waals surface area contributed by atoms with E-state index >= 15 is 0 Å². The average molecular weight is 234 g/mol. The van der Waals surface area contributed by atoms with E-state index in [0.29, 0.717) is 12.2 Å². The number of ether oxygens (including phenoxy) is 3. The summed E-state index contributed by atoms with van der Waals surface area (Å²) in [6.07, 6.45) is 2.62. The van der Waals surface area contributed by atoms with Crippen molar-refractivity contribution in [3.05, 3.63) is 42.5 Å². The van der Waals surface area contributed by atoms with E-state index in [1.807, 2.05) is 36.4 Å². The predicted octanol–water partition coefficient (Wildman–Crippen LogP) is 2.13. The second kappa shape index (κ2) is 6.55. The fourth-order valence-electron chi connectivity index (χ4n) is 1.25. The summed E-state index contributed by atoms with van der Waals surface area (Å²) in [7, 11) is 0. The fraction of sp³-hybridized carbons (Fsp3) is 0.429. The van der Waals surface area contributed by atoms with Gasteiger partial charge in [0.05, 0.1) is 26.4 Å². The number of epoxide rings is 2. The SMILES string of the molecule is C(OCC1CO1)C1CO1.C=Cc1ccccc1. The molecule has 3 rings (SSSR count). The first-order chi connectivity index (χ1) is 8.38. The van der Waals surface area contributed by atoms with Gasteiger partial charge >= 0.3 is 0 Å². The molecule has 0 aromatic heterocycles. The van der Waals surface area contributed by atoms with Gasteiger partial charge in [0, 0.05) is 0 Å². The van der Waals surface area contributed by atoms with Crippen LogP contribution >= 0.6 is 0 Å². The molecule has 0 spiro atoms. The maximum absolute atomic E-state index is 5.23. The molecule has 2 aliphatic rings. The first kappa shape index (κ1) is 12.3. The molecule has 3 nitrogen and oxygen atoms in total. The van der Waals surface area contributed by atoms with E-state index in [9.17, 15) is 0 Å². The molecule has 0 N–H and O–H groups in total. The molecular weight excluding hydrogens is 216 g/mol. The quantitative estimate of drug-likeness (QED) is 0.732. The highest BCUT2D eigenvalue weighted by Crippen LogP contribution is 2.12. The predicted molar refractivity (Wildman–Crippen MR) is 66.8 cm³/mol. The molecule has 0 aliphatic carbocycles. The Kier molecular flexibility index (Phi) is 4.74. The molecule has 92 valence electrons. The third-order valence-electron chi connectivity index (χ3n) is 2.45. The lowest BCUT2D eigenvalue weighted by Crippen LogP contribution is -2.06. The van der Waals surface area contributed by atoms with Gasteiger partial charge < -0.3 is 14.2 Å². The zero-order valence-corrected chi connectivity index (χ0v) is 9.88. The molecule has 2 saturated heterocycles. The number of benzene rings is 1. The lowest BCUT2D eigenvalue weighted by atomic mass is 10.2. The topological polar surface area (TPSA) is 34.3 Å². The first-order valence-electron chi connectivity index (χ1n) is 5.87. The maximum atomic E-state index is 5.23. The van der Waals surface area contributed by atoms with Crippen molar-refractivity contribution in [2.45, 2.75) is 12.2 Å². The normalized spacial score (nSPS) is 24.5. The van der Waals surface area contributed by atoms with E-state index in [1.54, 1.807) is 0 Å². The molecule has 2 heterocycles. The highest BCUT2D eigenvalue weighted by molar-refractivity contribution is 5.45. The molecule has 1 aromatic rings. The molecule has 0 amide bonds. The van der Waals surface area contributed by atoms with E-state index < -0.39 is 0 Å². The van der Waals surface area contributed by atoms with Crippen LogP contribution in [-0.2, 0) is 14.2 Å². The molecule has 1 aromatic carbocycles. The van der Waals surface area contributed by atoms with E-state index in [0.717, 1.165) is 26.4 Å². The van der Waals surface area contributed by atoms with Gasteiger partial charge in [-0.25, -0.2) is 0 Å². The Morgan fingerprint density at radius 2 is 1.65 bits per heavy atom. The first-order valence-corrected chi connectivity index (χ1v) is 5.87. The van der Waals surface area contributed by atoms with Crippen molar-refractivity contribution in [1.82, 2.24) is 0 Å². The summed E-state index contributed by atoms with van der Waals surface area (Å²) in [5, 5.41) is 0. The van der Waals surface area contributed by atoms with Crippen LogP contribution in [0.2, 0.25) is 0 Å². The van der Waals surface area contributed by atoms with Crippen molar-refractivity contribution in [3.63, 3.8) is 0 Å². The second-order valence-electron chi connectivity index (χ2n) is 4.06. The molecule has 2 aliphatic heterocycles. The van der Waals surface area contributed by atoms with Crippen LogP contribution in [-0.4, -0.2) is 38.6 Å². The Labute approximate surface area is 102 Å². The van der Waals surface area contributed by atoms with Crippen LogP contribution in [0.4, 0.5) is 0 Å². The Hall–Kier alpha value is -1.16.